The minimum atomic E-state index is -5.76. The van der Waals surface area contributed by atoms with Gasteiger partial charge in [0, 0.05) is 17.0 Å². The van der Waals surface area contributed by atoms with Crippen molar-refractivity contribution in [2.45, 2.75) is 5.51 Å². The molecule has 1 aromatic heterocycles. The van der Waals surface area contributed by atoms with Gasteiger partial charge in [-0.3, -0.25) is 0 Å². The SMILES string of the molecule is COC(=O)/C=C/c1ccc2nc(-c3cccc(OS(=O)(=O)C(F)(F)F)c3)ccc2c1. The summed E-state index contributed by atoms with van der Waals surface area (Å²) in [6.07, 6.45) is 2.87. The van der Waals surface area contributed by atoms with Crippen LogP contribution in [0.5, 0.6) is 5.75 Å². The molecule has 0 fully saturated rings. The molecule has 0 aliphatic carbocycles. The molecule has 0 bridgehead atoms. The van der Waals surface area contributed by atoms with E-state index in [-0.39, 0.29) is 0 Å². The minimum absolute atomic E-state index is 0.376. The highest BCUT2D eigenvalue weighted by Crippen LogP contribution is 2.30. The lowest BCUT2D eigenvalue weighted by atomic mass is 10.1. The van der Waals surface area contributed by atoms with Crippen molar-refractivity contribution >= 4 is 33.1 Å². The number of nitrogens with zero attached hydrogens (tertiary/aromatic N) is 1. The smallest absolute Gasteiger partial charge is 0.466 e. The van der Waals surface area contributed by atoms with E-state index in [4.69, 9.17) is 0 Å². The topological polar surface area (TPSA) is 82.6 Å². The Bertz CT molecular complexity index is 1240. The number of hydrogen-bond acceptors (Lipinski definition) is 6. The molecule has 10 heteroatoms. The molecule has 0 amide bonds. The maximum absolute atomic E-state index is 12.5. The Morgan fingerprint density at radius 2 is 1.83 bits per heavy atom. The molecule has 0 saturated carbocycles. The van der Waals surface area contributed by atoms with Gasteiger partial charge in [0.1, 0.15) is 5.75 Å². The van der Waals surface area contributed by atoms with E-state index in [1.165, 1.54) is 19.3 Å². The van der Waals surface area contributed by atoms with Gasteiger partial charge < -0.3 is 8.92 Å². The summed E-state index contributed by atoms with van der Waals surface area (Å²) in [6.45, 7) is 0. The summed E-state index contributed by atoms with van der Waals surface area (Å²) in [4.78, 5) is 15.6. The van der Waals surface area contributed by atoms with E-state index < -0.39 is 27.3 Å². The third kappa shape index (κ3) is 4.77. The van der Waals surface area contributed by atoms with Crippen LogP contribution in [-0.2, 0) is 19.6 Å². The summed E-state index contributed by atoms with van der Waals surface area (Å²) in [6, 6.07) is 13.8. The van der Waals surface area contributed by atoms with Crippen molar-refractivity contribution in [2.75, 3.05) is 7.11 Å². The van der Waals surface area contributed by atoms with Gasteiger partial charge in [0.25, 0.3) is 0 Å². The molecule has 6 nitrogen and oxygen atoms in total. The largest absolute Gasteiger partial charge is 0.534 e. The van der Waals surface area contributed by atoms with Crippen LogP contribution in [0.25, 0.3) is 28.2 Å². The van der Waals surface area contributed by atoms with Gasteiger partial charge in [-0.15, -0.1) is 0 Å². The average molecular weight is 437 g/mol. The summed E-state index contributed by atoms with van der Waals surface area (Å²) >= 11 is 0. The Hall–Kier alpha value is -3.40. The van der Waals surface area contributed by atoms with Gasteiger partial charge in [0.15, 0.2) is 0 Å². The predicted molar refractivity (Wildman–Crippen MR) is 104 cm³/mol. The Morgan fingerprint density at radius 1 is 1.07 bits per heavy atom. The first kappa shape index (κ1) is 21.3. The summed E-state index contributed by atoms with van der Waals surface area (Å²) in [5.41, 5.74) is -3.40. The van der Waals surface area contributed by atoms with Crippen LogP contribution in [0.15, 0.2) is 60.7 Å². The summed E-state index contributed by atoms with van der Waals surface area (Å²) in [7, 11) is -4.49. The second-order valence-electron chi connectivity index (χ2n) is 6.02. The normalized spacial score (nSPS) is 12.3. The number of aromatic nitrogens is 1. The molecular weight excluding hydrogens is 423 g/mol. The number of carbonyl (C=O) groups excluding carboxylic acids is 1. The molecule has 3 rings (SSSR count). The van der Waals surface area contributed by atoms with Crippen molar-refractivity contribution in [3.8, 4) is 17.0 Å². The highest BCUT2D eigenvalue weighted by molar-refractivity contribution is 7.88. The average Bonchev–Trinajstić information content (AvgIpc) is 2.70. The zero-order chi connectivity index (χ0) is 21.9. The highest BCUT2D eigenvalue weighted by atomic mass is 32.2. The van der Waals surface area contributed by atoms with Crippen LogP contribution < -0.4 is 4.18 Å². The Morgan fingerprint density at radius 3 is 2.53 bits per heavy atom. The monoisotopic (exact) mass is 437 g/mol. The number of hydrogen-bond donors (Lipinski definition) is 0. The number of pyridine rings is 1. The first-order valence-corrected chi connectivity index (χ1v) is 9.78. The number of methoxy groups -OCH3 is 1. The number of carbonyl (C=O) groups is 1. The molecule has 0 radical (unpaired) electrons. The molecule has 0 aliphatic heterocycles. The molecule has 156 valence electrons. The van der Waals surface area contributed by atoms with E-state index >= 15 is 0 Å². The molecule has 0 saturated heterocycles. The second kappa shape index (κ2) is 8.15. The van der Waals surface area contributed by atoms with Crippen molar-refractivity contribution in [3.63, 3.8) is 0 Å². The fraction of sp³-hybridized carbons (Fsp3) is 0.100. The Labute approximate surface area is 169 Å². The molecule has 0 unspecified atom stereocenters. The molecule has 0 spiro atoms. The van der Waals surface area contributed by atoms with Gasteiger partial charge in [-0.25, -0.2) is 9.78 Å². The van der Waals surface area contributed by atoms with Crippen LogP contribution >= 0.6 is 0 Å². The fourth-order valence-electron chi connectivity index (χ4n) is 2.52. The van der Waals surface area contributed by atoms with Crippen molar-refractivity contribution < 1.29 is 35.3 Å². The summed E-state index contributed by atoms with van der Waals surface area (Å²) in [5.74, 6) is -0.965. The third-order valence-electron chi connectivity index (χ3n) is 3.95. The Balaban J connectivity index is 1.90. The highest BCUT2D eigenvalue weighted by Gasteiger charge is 2.48. The molecule has 3 aromatic rings. The van der Waals surface area contributed by atoms with Crippen LogP contribution in [0.4, 0.5) is 13.2 Å². The lowest BCUT2D eigenvalue weighted by Crippen LogP contribution is -2.28. The third-order valence-corrected chi connectivity index (χ3v) is 4.92. The van der Waals surface area contributed by atoms with E-state index in [9.17, 15) is 26.4 Å². The minimum Gasteiger partial charge on any atom is -0.466 e. The van der Waals surface area contributed by atoms with Gasteiger partial charge in [-0.1, -0.05) is 24.3 Å². The summed E-state index contributed by atoms with van der Waals surface area (Å²) < 4.78 is 68.6. The first-order chi connectivity index (χ1) is 14.1. The molecule has 0 N–H and O–H groups in total. The molecular formula is C20H14F3NO5S. The molecule has 1 heterocycles. The molecule has 0 atom stereocenters. The lowest BCUT2D eigenvalue weighted by Gasteiger charge is -2.10. The zero-order valence-electron chi connectivity index (χ0n) is 15.4. The van der Waals surface area contributed by atoms with Gasteiger partial charge in [0.2, 0.25) is 0 Å². The standard InChI is InChI=1S/C20H14F3NO5S/c1-28-19(25)10-6-13-5-8-17-15(11-13)7-9-18(24-17)14-3-2-4-16(12-14)29-30(26,27)20(21,22)23/h2-12H,1H3/b10-6+. The number of rotatable bonds is 5. The van der Waals surface area contributed by atoms with Crippen molar-refractivity contribution in [1.29, 1.82) is 0 Å². The number of esters is 1. The van der Waals surface area contributed by atoms with Crippen LogP contribution in [0.2, 0.25) is 0 Å². The molecule has 0 aliphatic rings. The van der Waals surface area contributed by atoms with E-state index in [0.29, 0.717) is 16.8 Å². The number of ether oxygens (including phenoxy) is 1. The van der Waals surface area contributed by atoms with Crippen molar-refractivity contribution in [2.24, 2.45) is 0 Å². The van der Waals surface area contributed by atoms with Crippen molar-refractivity contribution in [1.82, 2.24) is 4.98 Å². The zero-order valence-corrected chi connectivity index (χ0v) is 16.2. The van der Waals surface area contributed by atoms with Crippen LogP contribution in [0.1, 0.15) is 5.56 Å². The fourth-order valence-corrected chi connectivity index (χ4v) is 2.97. The van der Waals surface area contributed by atoms with Crippen LogP contribution in [0.3, 0.4) is 0 Å². The van der Waals surface area contributed by atoms with Gasteiger partial charge >= 0.3 is 21.6 Å². The quantitative estimate of drug-likeness (QED) is 0.256. The van der Waals surface area contributed by atoms with Gasteiger partial charge in [0.05, 0.1) is 18.3 Å². The summed E-state index contributed by atoms with van der Waals surface area (Å²) in [5, 5.41) is 0.762. The van der Waals surface area contributed by atoms with E-state index in [1.54, 1.807) is 42.5 Å². The van der Waals surface area contributed by atoms with E-state index in [2.05, 4.69) is 13.9 Å². The molecule has 30 heavy (non-hydrogen) atoms. The number of alkyl halides is 3. The number of halogens is 3. The second-order valence-corrected chi connectivity index (χ2v) is 7.55. The van der Waals surface area contributed by atoms with Crippen LogP contribution in [-0.4, -0.2) is 32.0 Å². The van der Waals surface area contributed by atoms with E-state index in [0.717, 1.165) is 23.1 Å². The maximum Gasteiger partial charge on any atom is 0.534 e. The first-order valence-electron chi connectivity index (χ1n) is 8.37. The predicted octanol–water partition coefficient (Wildman–Crippen LogP) is 4.32. The van der Waals surface area contributed by atoms with Gasteiger partial charge in [-0.2, -0.15) is 21.6 Å². The Kier molecular flexibility index (Phi) is 5.79. The van der Waals surface area contributed by atoms with E-state index in [1.807, 2.05) is 0 Å². The maximum atomic E-state index is 12.5. The number of fused-ring (bicyclic) bond motifs is 1. The van der Waals surface area contributed by atoms with Crippen molar-refractivity contribution in [3.05, 3.63) is 66.2 Å². The van der Waals surface area contributed by atoms with Crippen LogP contribution in [0, 0.1) is 0 Å². The molecule has 2 aromatic carbocycles. The number of benzene rings is 2. The lowest BCUT2D eigenvalue weighted by molar-refractivity contribution is -0.134. The van der Waals surface area contributed by atoms with Gasteiger partial charge in [-0.05, 0) is 42.0 Å².